The Morgan fingerprint density at radius 3 is 2.44 bits per heavy atom. The summed E-state index contributed by atoms with van der Waals surface area (Å²) in [6.07, 6.45) is 2.38. The van der Waals surface area contributed by atoms with Gasteiger partial charge >= 0.3 is 0 Å². The van der Waals surface area contributed by atoms with Crippen LogP contribution in [0.2, 0.25) is 0 Å². The molecule has 130 valence electrons. The van der Waals surface area contributed by atoms with Crippen LogP contribution in [-0.4, -0.2) is 45.7 Å². The third-order valence-corrected chi connectivity index (χ3v) is 4.01. The number of ether oxygens (including phenoxy) is 1. The third kappa shape index (κ3) is 4.87. The molecule has 0 bridgehead atoms. The summed E-state index contributed by atoms with van der Waals surface area (Å²) >= 11 is 0. The fraction of sp³-hybridized carbons (Fsp3) is 0.316. The molecular weight excluding hydrogens is 314 g/mol. The molecule has 0 aliphatic carbocycles. The molecule has 0 spiro atoms. The van der Waals surface area contributed by atoms with Crippen molar-refractivity contribution in [3.63, 3.8) is 0 Å². The Bertz CT molecular complexity index is 741. The largest absolute Gasteiger partial charge is 0.489 e. The number of tetrazole rings is 1. The highest BCUT2D eigenvalue weighted by molar-refractivity contribution is 5.29. The lowest BCUT2D eigenvalue weighted by atomic mass is 10.0. The molecule has 1 atom stereocenters. The SMILES string of the molecule is CN(C)CCC(c1ccc(OCc2ccccc2)cc1)n1ncnn1. The molecule has 25 heavy (non-hydrogen) atoms. The van der Waals surface area contributed by atoms with E-state index in [-0.39, 0.29) is 6.04 Å². The highest BCUT2D eigenvalue weighted by Gasteiger charge is 2.16. The van der Waals surface area contributed by atoms with E-state index in [2.05, 4.69) is 58.7 Å². The van der Waals surface area contributed by atoms with Crippen molar-refractivity contribution in [1.82, 2.24) is 25.1 Å². The van der Waals surface area contributed by atoms with Gasteiger partial charge in [0.15, 0.2) is 6.33 Å². The van der Waals surface area contributed by atoms with Gasteiger partial charge in [-0.05, 0) is 55.5 Å². The van der Waals surface area contributed by atoms with Crippen LogP contribution in [-0.2, 0) is 6.61 Å². The van der Waals surface area contributed by atoms with E-state index in [4.69, 9.17) is 4.74 Å². The minimum Gasteiger partial charge on any atom is -0.489 e. The van der Waals surface area contributed by atoms with Crippen LogP contribution >= 0.6 is 0 Å². The van der Waals surface area contributed by atoms with Gasteiger partial charge in [-0.1, -0.05) is 42.5 Å². The molecule has 1 heterocycles. The second kappa shape index (κ2) is 8.39. The smallest absolute Gasteiger partial charge is 0.162 e. The topological polar surface area (TPSA) is 56.1 Å². The number of hydrogen-bond donors (Lipinski definition) is 0. The molecule has 6 nitrogen and oxygen atoms in total. The van der Waals surface area contributed by atoms with Gasteiger partial charge in [0.25, 0.3) is 0 Å². The van der Waals surface area contributed by atoms with Crippen LogP contribution in [0, 0.1) is 0 Å². The molecule has 0 amide bonds. The van der Waals surface area contributed by atoms with E-state index < -0.39 is 0 Å². The highest BCUT2D eigenvalue weighted by atomic mass is 16.5. The van der Waals surface area contributed by atoms with Gasteiger partial charge in [-0.25, -0.2) is 0 Å². The number of nitrogens with zero attached hydrogens (tertiary/aromatic N) is 5. The van der Waals surface area contributed by atoms with Crippen LogP contribution in [0.15, 0.2) is 60.9 Å². The minimum absolute atomic E-state index is 0.0630. The van der Waals surface area contributed by atoms with Crippen LogP contribution in [0.4, 0.5) is 0 Å². The van der Waals surface area contributed by atoms with E-state index in [0.717, 1.165) is 29.8 Å². The minimum atomic E-state index is 0.0630. The van der Waals surface area contributed by atoms with Crippen LogP contribution in [0.3, 0.4) is 0 Å². The summed E-state index contributed by atoms with van der Waals surface area (Å²) in [5.74, 6) is 0.852. The molecule has 2 aromatic carbocycles. The molecule has 0 aliphatic rings. The summed E-state index contributed by atoms with van der Waals surface area (Å²) in [6, 6.07) is 18.4. The van der Waals surface area contributed by atoms with Gasteiger partial charge in [-0.3, -0.25) is 0 Å². The first-order valence-electron chi connectivity index (χ1n) is 8.36. The highest BCUT2D eigenvalue weighted by Crippen LogP contribution is 2.23. The van der Waals surface area contributed by atoms with E-state index in [0.29, 0.717) is 6.61 Å². The molecule has 3 rings (SSSR count). The molecule has 1 unspecified atom stereocenters. The summed E-state index contributed by atoms with van der Waals surface area (Å²) in [7, 11) is 4.12. The maximum Gasteiger partial charge on any atom is 0.162 e. The first kappa shape index (κ1) is 17.1. The zero-order valence-corrected chi connectivity index (χ0v) is 14.6. The number of aromatic nitrogens is 4. The molecule has 6 heteroatoms. The maximum absolute atomic E-state index is 5.86. The van der Waals surface area contributed by atoms with Crippen molar-refractivity contribution < 1.29 is 4.74 Å². The summed E-state index contributed by atoms with van der Waals surface area (Å²) < 4.78 is 5.86. The predicted octanol–water partition coefficient (Wildman–Crippen LogP) is 2.79. The average Bonchev–Trinajstić information content (AvgIpc) is 3.16. The van der Waals surface area contributed by atoms with Crippen LogP contribution in [0.25, 0.3) is 0 Å². The van der Waals surface area contributed by atoms with Gasteiger partial charge in [0.1, 0.15) is 12.4 Å². The second-order valence-electron chi connectivity index (χ2n) is 6.21. The number of benzene rings is 2. The molecule has 0 aliphatic heterocycles. The fourth-order valence-electron chi connectivity index (χ4n) is 2.64. The van der Waals surface area contributed by atoms with Gasteiger partial charge < -0.3 is 9.64 Å². The monoisotopic (exact) mass is 337 g/mol. The maximum atomic E-state index is 5.86. The molecule has 0 N–H and O–H groups in total. The van der Waals surface area contributed by atoms with E-state index in [1.165, 1.54) is 6.33 Å². The molecule has 0 radical (unpaired) electrons. The van der Waals surface area contributed by atoms with Crippen molar-refractivity contribution in [2.24, 2.45) is 0 Å². The predicted molar refractivity (Wildman–Crippen MR) is 96.3 cm³/mol. The van der Waals surface area contributed by atoms with Crippen LogP contribution < -0.4 is 4.74 Å². The average molecular weight is 337 g/mol. The molecule has 1 aromatic heterocycles. The number of hydrogen-bond acceptors (Lipinski definition) is 5. The zero-order chi connectivity index (χ0) is 17.5. The summed E-state index contributed by atoms with van der Waals surface area (Å²) in [5.41, 5.74) is 2.30. The zero-order valence-electron chi connectivity index (χ0n) is 14.6. The summed E-state index contributed by atoms with van der Waals surface area (Å²) in [5, 5.41) is 12.1. The van der Waals surface area contributed by atoms with Crippen molar-refractivity contribution in [1.29, 1.82) is 0 Å². The standard InChI is InChI=1S/C19H23N5O/c1-23(2)13-12-19(24-21-15-20-22-24)17-8-10-18(11-9-17)25-14-16-6-4-3-5-7-16/h3-11,15,19H,12-14H2,1-2H3. The summed E-state index contributed by atoms with van der Waals surface area (Å²) in [4.78, 5) is 3.82. The van der Waals surface area contributed by atoms with Crippen LogP contribution in [0.5, 0.6) is 5.75 Å². The number of rotatable bonds is 8. The molecule has 0 saturated carbocycles. The Labute approximate surface area is 148 Å². The van der Waals surface area contributed by atoms with Gasteiger partial charge in [0.05, 0.1) is 6.04 Å². The lowest BCUT2D eigenvalue weighted by molar-refractivity contribution is 0.305. The third-order valence-electron chi connectivity index (χ3n) is 4.01. The molecular formula is C19H23N5O. The van der Waals surface area contributed by atoms with Crippen molar-refractivity contribution in [3.8, 4) is 5.75 Å². The Kier molecular flexibility index (Phi) is 5.74. The van der Waals surface area contributed by atoms with Gasteiger partial charge in [-0.2, -0.15) is 4.80 Å². The van der Waals surface area contributed by atoms with Crippen molar-refractivity contribution in [3.05, 3.63) is 72.1 Å². The van der Waals surface area contributed by atoms with Crippen molar-refractivity contribution in [2.75, 3.05) is 20.6 Å². The van der Waals surface area contributed by atoms with Gasteiger partial charge in [-0.15, -0.1) is 10.2 Å². The molecule has 3 aromatic rings. The Morgan fingerprint density at radius 2 is 1.80 bits per heavy atom. The first-order valence-corrected chi connectivity index (χ1v) is 8.36. The van der Waals surface area contributed by atoms with E-state index in [1.54, 1.807) is 4.80 Å². The van der Waals surface area contributed by atoms with Crippen LogP contribution in [0.1, 0.15) is 23.6 Å². The summed E-state index contributed by atoms with van der Waals surface area (Å²) in [6.45, 7) is 1.51. The molecule has 0 saturated heterocycles. The first-order chi connectivity index (χ1) is 12.2. The fourth-order valence-corrected chi connectivity index (χ4v) is 2.64. The van der Waals surface area contributed by atoms with E-state index >= 15 is 0 Å². The normalized spacial score (nSPS) is 12.3. The molecule has 0 fully saturated rings. The Balaban J connectivity index is 1.68. The quantitative estimate of drug-likeness (QED) is 0.633. The lowest BCUT2D eigenvalue weighted by Crippen LogP contribution is -2.21. The van der Waals surface area contributed by atoms with E-state index in [9.17, 15) is 0 Å². The van der Waals surface area contributed by atoms with Crippen molar-refractivity contribution >= 4 is 0 Å². The lowest BCUT2D eigenvalue weighted by Gasteiger charge is -2.19. The van der Waals surface area contributed by atoms with Gasteiger partial charge in [0.2, 0.25) is 0 Å². The Morgan fingerprint density at radius 1 is 1.04 bits per heavy atom. The van der Waals surface area contributed by atoms with Gasteiger partial charge in [0, 0.05) is 0 Å². The second-order valence-corrected chi connectivity index (χ2v) is 6.21. The Hall–Kier alpha value is -2.73. The van der Waals surface area contributed by atoms with E-state index in [1.807, 2.05) is 30.3 Å². The van der Waals surface area contributed by atoms with Crippen molar-refractivity contribution in [2.45, 2.75) is 19.1 Å².